The van der Waals surface area contributed by atoms with Crippen molar-refractivity contribution in [3.8, 4) is 17.2 Å². The van der Waals surface area contributed by atoms with Crippen molar-refractivity contribution in [1.29, 1.82) is 0 Å². The second-order valence-corrected chi connectivity index (χ2v) is 7.37. The van der Waals surface area contributed by atoms with Crippen LogP contribution >= 0.6 is 0 Å². The minimum atomic E-state index is -4.38. The van der Waals surface area contributed by atoms with Gasteiger partial charge < -0.3 is 9.84 Å². The first kappa shape index (κ1) is 19.3. The number of aryl methyl sites for hydroxylation is 1. The van der Waals surface area contributed by atoms with Crippen LogP contribution in [0.15, 0.2) is 47.4 Å². The molecular weight excluding hydrogens is 340 g/mol. The highest BCUT2D eigenvalue weighted by Crippen LogP contribution is 2.32. The molecule has 2 N–H and O–H groups in total. The Balaban J connectivity index is 2.07. The molecule has 0 bridgehead atoms. The Morgan fingerprint density at radius 1 is 1.00 bits per heavy atom. The van der Waals surface area contributed by atoms with Crippen molar-refractivity contribution in [2.24, 2.45) is 0 Å². The maximum absolute atomic E-state index is 11.4. The molecule has 0 saturated heterocycles. The Hall–Kier alpha value is -2.05. The molecule has 6 heteroatoms. The van der Waals surface area contributed by atoms with Crippen LogP contribution in [0, 0.1) is 0 Å². The summed E-state index contributed by atoms with van der Waals surface area (Å²) >= 11 is 0. The summed E-state index contributed by atoms with van der Waals surface area (Å²) in [6, 6.07) is 10.7. The van der Waals surface area contributed by atoms with Crippen LogP contribution < -0.4 is 4.74 Å². The van der Waals surface area contributed by atoms with Crippen LogP contribution in [0.25, 0.3) is 0 Å². The molecule has 0 amide bonds. The number of unbranched alkanes of at least 4 members (excludes halogenated alkanes) is 4. The van der Waals surface area contributed by atoms with E-state index in [1.54, 1.807) is 18.2 Å². The fourth-order valence-electron chi connectivity index (χ4n) is 2.61. The Bertz CT molecular complexity index is 799. The first-order valence-electron chi connectivity index (χ1n) is 8.48. The summed E-state index contributed by atoms with van der Waals surface area (Å²) in [5, 5.41) is 10.2. The molecule has 0 aliphatic rings. The van der Waals surface area contributed by atoms with E-state index in [2.05, 4.69) is 6.92 Å². The summed E-state index contributed by atoms with van der Waals surface area (Å²) in [4.78, 5) is -0.311. The molecule has 2 rings (SSSR count). The number of phenolic OH excluding ortho intramolecular Hbond substituents is 1. The topological polar surface area (TPSA) is 83.8 Å². The van der Waals surface area contributed by atoms with E-state index in [9.17, 15) is 18.1 Å². The highest BCUT2D eigenvalue weighted by Gasteiger charge is 2.16. The van der Waals surface area contributed by atoms with E-state index in [0.717, 1.165) is 24.8 Å². The van der Waals surface area contributed by atoms with E-state index in [0.29, 0.717) is 5.75 Å². The molecule has 2 aromatic rings. The van der Waals surface area contributed by atoms with Crippen LogP contribution in [0.4, 0.5) is 0 Å². The number of benzene rings is 2. The van der Waals surface area contributed by atoms with Crippen molar-refractivity contribution in [2.75, 3.05) is 0 Å². The average molecular weight is 364 g/mol. The normalized spacial score (nSPS) is 11.4. The molecule has 0 aliphatic carbocycles. The van der Waals surface area contributed by atoms with Crippen LogP contribution in [-0.2, 0) is 16.5 Å². The van der Waals surface area contributed by atoms with Crippen molar-refractivity contribution >= 4 is 10.1 Å². The molecule has 0 saturated carbocycles. The molecule has 0 spiro atoms. The summed E-state index contributed by atoms with van der Waals surface area (Å²) in [7, 11) is -4.38. The number of hydrogen-bond donors (Lipinski definition) is 2. The van der Waals surface area contributed by atoms with Crippen LogP contribution in [-0.4, -0.2) is 18.1 Å². The van der Waals surface area contributed by atoms with Gasteiger partial charge >= 0.3 is 0 Å². The molecular formula is C19H24O5S. The number of ether oxygens (including phenoxy) is 1. The monoisotopic (exact) mass is 364 g/mol. The lowest BCUT2D eigenvalue weighted by molar-refractivity contribution is 0.437. The van der Waals surface area contributed by atoms with Gasteiger partial charge in [0.05, 0.1) is 0 Å². The Morgan fingerprint density at radius 2 is 1.72 bits per heavy atom. The summed E-state index contributed by atoms with van der Waals surface area (Å²) in [5.74, 6) is 0.442. The standard InChI is InChI=1S/C19H24O5S/c1-2-3-4-5-6-9-15-12-13-16(14-17(15)20)24-18-10-7-8-11-19(18)25(21,22)23/h7-8,10-14,20H,2-6,9H2,1H3,(H,21,22,23). The maximum Gasteiger partial charge on any atom is 0.298 e. The molecule has 25 heavy (non-hydrogen) atoms. The van der Waals surface area contributed by atoms with Crippen molar-refractivity contribution in [1.82, 2.24) is 0 Å². The quantitative estimate of drug-likeness (QED) is 0.486. The fraction of sp³-hybridized carbons (Fsp3) is 0.368. The van der Waals surface area contributed by atoms with Crippen LogP contribution in [0.5, 0.6) is 17.2 Å². The van der Waals surface area contributed by atoms with Gasteiger partial charge in [0.2, 0.25) is 0 Å². The van der Waals surface area contributed by atoms with E-state index in [1.165, 1.54) is 43.5 Å². The van der Waals surface area contributed by atoms with Crippen LogP contribution in [0.1, 0.15) is 44.6 Å². The van der Waals surface area contributed by atoms with Gasteiger partial charge in [-0.1, -0.05) is 50.8 Å². The van der Waals surface area contributed by atoms with Gasteiger partial charge in [0, 0.05) is 6.07 Å². The number of para-hydroxylation sites is 1. The highest BCUT2D eigenvalue weighted by molar-refractivity contribution is 7.86. The molecule has 2 aromatic carbocycles. The summed E-state index contributed by atoms with van der Waals surface area (Å²) in [6.45, 7) is 2.17. The molecule has 0 unspecified atom stereocenters. The third kappa shape index (κ3) is 5.76. The number of hydrogen-bond acceptors (Lipinski definition) is 4. The third-order valence-electron chi connectivity index (χ3n) is 3.96. The van der Waals surface area contributed by atoms with Crippen LogP contribution in [0.3, 0.4) is 0 Å². The van der Waals surface area contributed by atoms with Crippen molar-refractivity contribution < 1.29 is 22.8 Å². The lowest BCUT2D eigenvalue weighted by atomic mass is 10.0. The first-order valence-corrected chi connectivity index (χ1v) is 9.92. The van der Waals surface area contributed by atoms with Gasteiger partial charge in [-0.15, -0.1) is 0 Å². The van der Waals surface area contributed by atoms with Gasteiger partial charge in [-0.3, -0.25) is 4.55 Å². The first-order chi connectivity index (χ1) is 11.9. The molecule has 0 atom stereocenters. The number of aromatic hydroxyl groups is 1. The Kier molecular flexibility index (Phi) is 6.84. The van der Waals surface area contributed by atoms with E-state index in [4.69, 9.17) is 4.74 Å². The van der Waals surface area contributed by atoms with Crippen molar-refractivity contribution in [2.45, 2.75) is 50.3 Å². The molecule has 136 valence electrons. The molecule has 0 fully saturated rings. The van der Waals surface area contributed by atoms with Gasteiger partial charge in [-0.2, -0.15) is 8.42 Å². The smallest absolute Gasteiger partial charge is 0.298 e. The zero-order valence-electron chi connectivity index (χ0n) is 14.3. The zero-order valence-corrected chi connectivity index (χ0v) is 15.1. The highest BCUT2D eigenvalue weighted by atomic mass is 32.2. The Morgan fingerprint density at radius 3 is 2.40 bits per heavy atom. The minimum Gasteiger partial charge on any atom is -0.508 e. The van der Waals surface area contributed by atoms with Gasteiger partial charge in [-0.25, -0.2) is 0 Å². The van der Waals surface area contributed by atoms with Gasteiger partial charge in [-0.05, 0) is 36.6 Å². The number of rotatable bonds is 9. The lowest BCUT2D eigenvalue weighted by Gasteiger charge is -2.11. The fourth-order valence-corrected chi connectivity index (χ4v) is 3.23. The number of phenols is 1. The van der Waals surface area contributed by atoms with Crippen LogP contribution in [0.2, 0.25) is 0 Å². The summed E-state index contributed by atoms with van der Waals surface area (Å²) in [6.07, 6.45) is 6.56. The summed E-state index contributed by atoms with van der Waals surface area (Å²) in [5.41, 5.74) is 0.840. The summed E-state index contributed by atoms with van der Waals surface area (Å²) < 4.78 is 37.5. The zero-order chi connectivity index (χ0) is 18.3. The largest absolute Gasteiger partial charge is 0.508 e. The molecule has 0 aromatic heterocycles. The molecule has 5 nitrogen and oxygen atoms in total. The SMILES string of the molecule is CCCCCCCc1ccc(Oc2ccccc2S(=O)(=O)O)cc1O. The molecule has 0 radical (unpaired) electrons. The predicted molar refractivity (Wildman–Crippen MR) is 96.9 cm³/mol. The molecule has 0 heterocycles. The van der Waals surface area contributed by atoms with Gasteiger partial charge in [0.1, 0.15) is 22.1 Å². The lowest BCUT2D eigenvalue weighted by Crippen LogP contribution is -2.00. The Labute approximate surface area is 149 Å². The van der Waals surface area contributed by atoms with Gasteiger partial charge in [0.25, 0.3) is 10.1 Å². The van der Waals surface area contributed by atoms with E-state index in [-0.39, 0.29) is 16.4 Å². The second-order valence-electron chi connectivity index (χ2n) is 5.98. The third-order valence-corrected chi connectivity index (χ3v) is 4.85. The van der Waals surface area contributed by atoms with Crippen molar-refractivity contribution in [3.63, 3.8) is 0 Å². The van der Waals surface area contributed by atoms with E-state index < -0.39 is 10.1 Å². The average Bonchev–Trinajstić information content (AvgIpc) is 2.56. The van der Waals surface area contributed by atoms with Crippen molar-refractivity contribution in [3.05, 3.63) is 48.0 Å². The maximum atomic E-state index is 11.4. The van der Waals surface area contributed by atoms with Gasteiger partial charge in [0.15, 0.2) is 0 Å². The second kappa shape index (κ2) is 8.87. The van der Waals surface area contributed by atoms with E-state index in [1.807, 2.05) is 0 Å². The molecule has 0 aliphatic heterocycles. The predicted octanol–water partition coefficient (Wildman–Crippen LogP) is 4.94. The van der Waals surface area contributed by atoms with E-state index >= 15 is 0 Å². The minimum absolute atomic E-state index is 0.0108.